The summed E-state index contributed by atoms with van der Waals surface area (Å²) in [5, 5.41) is 10.3. The Balaban J connectivity index is 1.89. The second kappa shape index (κ2) is 8.52. The molecule has 0 aliphatic rings. The minimum atomic E-state index is -4.18. The number of rotatable bonds is 5. The molecule has 0 bridgehead atoms. The van der Waals surface area contributed by atoms with Crippen LogP contribution in [0.5, 0.6) is 5.75 Å². The van der Waals surface area contributed by atoms with Crippen molar-refractivity contribution >= 4 is 33.0 Å². The molecule has 0 saturated heterocycles. The van der Waals surface area contributed by atoms with Crippen LogP contribution in [0, 0.1) is 24.6 Å². The SMILES string of the molecule is COc1cc(C(=O)O)c(F)cc1NS(=O)(=O)c1csc(C#Cc2ccccc2C)n1. The number of hydrogen-bond acceptors (Lipinski definition) is 6. The monoisotopic (exact) mass is 446 g/mol. The van der Waals surface area contributed by atoms with Gasteiger partial charge in [0.15, 0.2) is 10.0 Å². The number of aromatic carboxylic acids is 1. The largest absolute Gasteiger partial charge is 0.495 e. The molecule has 10 heteroatoms. The van der Waals surface area contributed by atoms with Crippen molar-refractivity contribution in [1.29, 1.82) is 0 Å². The summed E-state index contributed by atoms with van der Waals surface area (Å²) in [4.78, 5) is 15.1. The number of carboxylic acids is 1. The second-order valence-electron chi connectivity index (χ2n) is 6.00. The molecule has 0 saturated carbocycles. The Kier molecular flexibility index (Phi) is 6.05. The molecule has 1 heterocycles. The number of hydrogen-bond donors (Lipinski definition) is 2. The van der Waals surface area contributed by atoms with E-state index in [-0.39, 0.29) is 21.5 Å². The fraction of sp³-hybridized carbons (Fsp3) is 0.100. The number of benzene rings is 2. The maximum absolute atomic E-state index is 14.0. The van der Waals surface area contributed by atoms with Crippen molar-refractivity contribution in [2.45, 2.75) is 11.9 Å². The number of carbonyl (C=O) groups is 1. The minimum Gasteiger partial charge on any atom is -0.495 e. The van der Waals surface area contributed by atoms with Crippen molar-refractivity contribution in [2.75, 3.05) is 11.8 Å². The number of methoxy groups -OCH3 is 1. The van der Waals surface area contributed by atoms with Gasteiger partial charge >= 0.3 is 5.97 Å². The Morgan fingerprint density at radius 1 is 1.27 bits per heavy atom. The highest BCUT2D eigenvalue weighted by Gasteiger charge is 2.22. The molecule has 2 aromatic carbocycles. The molecule has 3 rings (SSSR count). The average Bonchev–Trinajstić information content (AvgIpc) is 3.17. The lowest BCUT2D eigenvalue weighted by Crippen LogP contribution is -2.15. The van der Waals surface area contributed by atoms with Gasteiger partial charge in [-0.2, -0.15) is 8.42 Å². The lowest BCUT2D eigenvalue weighted by Gasteiger charge is -2.12. The van der Waals surface area contributed by atoms with E-state index in [1.807, 2.05) is 31.2 Å². The van der Waals surface area contributed by atoms with Crippen LogP contribution < -0.4 is 9.46 Å². The van der Waals surface area contributed by atoms with E-state index in [1.165, 1.54) is 12.5 Å². The molecule has 0 fully saturated rings. The number of aryl methyl sites for hydroxylation is 1. The van der Waals surface area contributed by atoms with Gasteiger partial charge in [-0.3, -0.25) is 4.72 Å². The van der Waals surface area contributed by atoms with Gasteiger partial charge in [-0.05, 0) is 30.5 Å². The fourth-order valence-electron chi connectivity index (χ4n) is 2.44. The van der Waals surface area contributed by atoms with E-state index >= 15 is 0 Å². The number of nitrogens with zero attached hydrogens (tertiary/aromatic N) is 1. The Bertz CT molecular complexity index is 1290. The molecule has 0 aliphatic carbocycles. The Morgan fingerprint density at radius 3 is 2.67 bits per heavy atom. The van der Waals surface area contributed by atoms with Crippen LogP contribution in [0.3, 0.4) is 0 Å². The maximum Gasteiger partial charge on any atom is 0.338 e. The molecule has 2 N–H and O–H groups in total. The predicted molar refractivity (Wildman–Crippen MR) is 110 cm³/mol. The van der Waals surface area contributed by atoms with Gasteiger partial charge in [0.1, 0.15) is 11.6 Å². The van der Waals surface area contributed by atoms with Crippen LogP contribution >= 0.6 is 11.3 Å². The van der Waals surface area contributed by atoms with Gasteiger partial charge in [0.2, 0.25) is 0 Å². The van der Waals surface area contributed by atoms with Gasteiger partial charge in [-0.1, -0.05) is 24.1 Å². The summed E-state index contributed by atoms with van der Waals surface area (Å²) in [6.07, 6.45) is 0. The number of nitrogens with one attached hydrogen (secondary N) is 1. The van der Waals surface area contributed by atoms with E-state index in [0.717, 1.165) is 34.6 Å². The van der Waals surface area contributed by atoms with E-state index in [1.54, 1.807) is 0 Å². The summed E-state index contributed by atoms with van der Waals surface area (Å²) < 4.78 is 46.4. The van der Waals surface area contributed by atoms with Gasteiger partial charge < -0.3 is 9.84 Å². The van der Waals surface area contributed by atoms with Crippen LogP contribution in [0.25, 0.3) is 0 Å². The summed E-state index contributed by atoms with van der Waals surface area (Å²) in [5.41, 5.74) is 0.890. The minimum absolute atomic E-state index is 0.146. The lowest BCUT2D eigenvalue weighted by molar-refractivity contribution is 0.0691. The first-order chi connectivity index (χ1) is 14.2. The van der Waals surface area contributed by atoms with Crippen LogP contribution in [0.15, 0.2) is 46.8 Å². The number of carboxylic acid groups (broad SMARTS) is 1. The van der Waals surface area contributed by atoms with Gasteiger partial charge in [0.25, 0.3) is 10.0 Å². The van der Waals surface area contributed by atoms with Crippen molar-refractivity contribution in [2.24, 2.45) is 0 Å². The summed E-state index contributed by atoms with van der Waals surface area (Å²) in [6.45, 7) is 1.91. The molecule has 0 spiro atoms. The fourth-order valence-corrected chi connectivity index (χ4v) is 4.44. The van der Waals surface area contributed by atoms with Gasteiger partial charge in [-0.25, -0.2) is 14.2 Å². The van der Waals surface area contributed by atoms with Gasteiger partial charge in [0, 0.05) is 17.0 Å². The quantitative estimate of drug-likeness (QED) is 0.581. The maximum atomic E-state index is 14.0. The van der Waals surface area contributed by atoms with Crippen molar-refractivity contribution < 1.29 is 27.4 Å². The average molecular weight is 446 g/mol. The Labute approximate surface area is 176 Å². The third-order valence-electron chi connectivity index (χ3n) is 3.97. The van der Waals surface area contributed by atoms with Crippen molar-refractivity contribution in [3.63, 3.8) is 0 Å². The zero-order valence-corrected chi connectivity index (χ0v) is 17.4. The topological polar surface area (TPSA) is 106 Å². The summed E-state index contributed by atoms with van der Waals surface area (Å²) in [6, 6.07) is 9.13. The molecule has 154 valence electrons. The van der Waals surface area contributed by atoms with Gasteiger partial charge in [-0.15, -0.1) is 11.3 Å². The highest BCUT2D eigenvalue weighted by Crippen LogP contribution is 2.30. The lowest BCUT2D eigenvalue weighted by atomic mass is 10.1. The molecule has 0 radical (unpaired) electrons. The highest BCUT2D eigenvalue weighted by atomic mass is 32.2. The molecule has 0 atom stereocenters. The Hall–Kier alpha value is -3.42. The van der Waals surface area contributed by atoms with E-state index < -0.39 is 27.4 Å². The normalized spacial score (nSPS) is 10.8. The van der Waals surface area contributed by atoms with Crippen molar-refractivity contribution in [3.05, 3.63) is 69.3 Å². The van der Waals surface area contributed by atoms with Crippen LogP contribution in [0.4, 0.5) is 10.1 Å². The first-order valence-corrected chi connectivity index (χ1v) is 10.7. The molecular weight excluding hydrogens is 431 g/mol. The zero-order chi connectivity index (χ0) is 21.9. The number of sulfonamides is 1. The second-order valence-corrected chi connectivity index (χ2v) is 8.49. The van der Waals surface area contributed by atoms with E-state index in [2.05, 4.69) is 21.5 Å². The number of anilines is 1. The van der Waals surface area contributed by atoms with E-state index in [9.17, 15) is 17.6 Å². The molecule has 0 unspecified atom stereocenters. The Morgan fingerprint density at radius 2 is 2.00 bits per heavy atom. The summed E-state index contributed by atoms with van der Waals surface area (Å²) in [7, 11) is -2.97. The third-order valence-corrected chi connectivity index (χ3v) is 6.13. The molecule has 3 aromatic rings. The third kappa shape index (κ3) is 4.59. The molecule has 7 nitrogen and oxygen atoms in total. The molecule has 1 aromatic heterocycles. The van der Waals surface area contributed by atoms with E-state index in [4.69, 9.17) is 9.84 Å². The van der Waals surface area contributed by atoms with Crippen molar-refractivity contribution in [3.8, 4) is 17.6 Å². The van der Waals surface area contributed by atoms with Crippen molar-refractivity contribution in [1.82, 2.24) is 4.98 Å². The number of ether oxygens (including phenoxy) is 1. The van der Waals surface area contributed by atoms with Crippen LogP contribution in [-0.4, -0.2) is 31.6 Å². The first kappa shape index (κ1) is 21.3. The predicted octanol–water partition coefficient (Wildman–Crippen LogP) is 3.50. The zero-order valence-electron chi connectivity index (χ0n) is 15.8. The van der Waals surface area contributed by atoms with Crippen LogP contribution in [-0.2, 0) is 10.0 Å². The van der Waals surface area contributed by atoms with Crippen LogP contribution in [0.2, 0.25) is 0 Å². The number of aromatic nitrogens is 1. The first-order valence-electron chi connectivity index (χ1n) is 8.38. The number of halogens is 1. The molecule has 0 aliphatic heterocycles. The van der Waals surface area contributed by atoms with Gasteiger partial charge in [0.05, 0.1) is 18.4 Å². The van der Waals surface area contributed by atoms with Crippen LogP contribution in [0.1, 0.15) is 26.5 Å². The van der Waals surface area contributed by atoms with E-state index in [0.29, 0.717) is 0 Å². The molecule has 0 amide bonds. The number of thiazole rings is 1. The molecule has 30 heavy (non-hydrogen) atoms. The smallest absolute Gasteiger partial charge is 0.338 e. The standard InChI is InChI=1S/C20H15FN2O5S2/c1-12-5-3-4-6-13(12)7-8-18-22-19(11-29-18)30(26,27)23-16-10-15(21)14(20(24)25)9-17(16)28-2/h3-6,9-11,23H,1-2H3,(H,24,25). The molecular formula is C20H15FN2O5S2. The highest BCUT2D eigenvalue weighted by molar-refractivity contribution is 7.92. The summed E-state index contributed by atoms with van der Waals surface area (Å²) >= 11 is 1.04. The summed E-state index contributed by atoms with van der Waals surface area (Å²) in [5.74, 6) is 3.01.